The fourth-order valence-corrected chi connectivity index (χ4v) is 2.83. The molecule has 0 amide bonds. The number of oxazole rings is 1. The van der Waals surface area contributed by atoms with Crippen LogP contribution in [0.25, 0.3) is 22.8 Å². The van der Waals surface area contributed by atoms with Gasteiger partial charge in [-0.3, -0.25) is 4.79 Å². The van der Waals surface area contributed by atoms with Crippen LogP contribution in [0.5, 0.6) is 0 Å². The molecule has 148 valence electrons. The van der Waals surface area contributed by atoms with E-state index in [0.717, 1.165) is 11.1 Å². The Morgan fingerprint density at radius 1 is 1.14 bits per heavy atom. The first-order valence-electron chi connectivity index (χ1n) is 8.51. The van der Waals surface area contributed by atoms with Crippen molar-refractivity contribution >= 4 is 0 Å². The third-order valence-electron chi connectivity index (χ3n) is 4.22. The minimum atomic E-state index is -4.74. The number of nitrogens with zero attached hydrogens (tertiary/aromatic N) is 4. The van der Waals surface area contributed by atoms with Gasteiger partial charge in [-0.05, 0) is 24.1 Å². The highest BCUT2D eigenvalue weighted by Crippen LogP contribution is 2.29. The molecule has 0 aliphatic carbocycles. The van der Waals surface area contributed by atoms with Crippen molar-refractivity contribution in [3.05, 3.63) is 76.9 Å². The van der Waals surface area contributed by atoms with Crippen molar-refractivity contribution in [2.45, 2.75) is 19.1 Å². The lowest BCUT2D eigenvalue weighted by Gasteiger charge is -2.09. The van der Waals surface area contributed by atoms with Crippen molar-refractivity contribution in [1.82, 2.24) is 19.7 Å². The molecule has 0 aliphatic heterocycles. The summed E-state index contributed by atoms with van der Waals surface area (Å²) in [7, 11) is 0. The second-order valence-corrected chi connectivity index (χ2v) is 6.11. The number of aryl methyl sites for hydroxylation is 2. The highest BCUT2D eigenvalue weighted by Gasteiger charge is 2.38. The van der Waals surface area contributed by atoms with Crippen molar-refractivity contribution in [3.8, 4) is 22.8 Å². The lowest BCUT2D eigenvalue weighted by Crippen LogP contribution is -2.20. The van der Waals surface area contributed by atoms with Gasteiger partial charge in [0, 0.05) is 29.9 Å². The normalized spacial score (nSPS) is 11.7. The molecule has 0 atom stereocenters. The molecule has 0 saturated heterocycles. The molecule has 10 heteroatoms. The predicted molar refractivity (Wildman–Crippen MR) is 94.6 cm³/mol. The van der Waals surface area contributed by atoms with Crippen molar-refractivity contribution in [1.29, 1.82) is 0 Å². The zero-order valence-electron chi connectivity index (χ0n) is 14.8. The van der Waals surface area contributed by atoms with Crippen molar-refractivity contribution in [2.75, 3.05) is 0 Å². The molecule has 0 N–H and O–H groups in total. The summed E-state index contributed by atoms with van der Waals surface area (Å²) < 4.78 is 48.7. The molecule has 0 aliphatic rings. The summed E-state index contributed by atoms with van der Waals surface area (Å²) in [5, 5.41) is 3.29. The molecule has 4 aromatic rings. The highest BCUT2D eigenvalue weighted by atomic mass is 19.4. The number of aromatic nitrogens is 4. The van der Waals surface area contributed by atoms with Crippen LogP contribution in [0.2, 0.25) is 0 Å². The number of halogens is 3. The molecule has 1 aromatic carbocycles. The van der Waals surface area contributed by atoms with Crippen molar-refractivity contribution < 1.29 is 22.1 Å². The number of alkyl halides is 3. The molecule has 7 nitrogen and oxygen atoms in total. The summed E-state index contributed by atoms with van der Waals surface area (Å²) in [6, 6.07) is 10.2. The van der Waals surface area contributed by atoms with Crippen LogP contribution >= 0.6 is 0 Å². The standard InChI is InChI=1S/C19H13F3N4O3/c20-19(21,22)18-24-16(25-29-18)13-6-9-26(15(27)11-13)8-5-12-3-1-2-4-14(12)17-23-7-10-28-17/h1-4,6-7,9-11H,5,8H2. The number of rotatable bonds is 5. The lowest BCUT2D eigenvalue weighted by atomic mass is 10.0. The number of pyridine rings is 1. The Hall–Kier alpha value is -3.69. The zero-order valence-corrected chi connectivity index (χ0v) is 14.8. The van der Waals surface area contributed by atoms with Gasteiger partial charge in [-0.1, -0.05) is 23.4 Å². The van der Waals surface area contributed by atoms with Gasteiger partial charge in [0.15, 0.2) is 0 Å². The molecule has 0 saturated carbocycles. The SMILES string of the molecule is O=c1cc(-c2noc(C(F)(F)F)n2)ccn1CCc1ccccc1-c1ncco1. The first-order valence-corrected chi connectivity index (χ1v) is 8.51. The van der Waals surface area contributed by atoms with E-state index in [1.54, 1.807) is 6.20 Å². The second-order valence-electron chi connectivity index (χ2n) is 6.11. The Morgan fingerprint density at radius 2 is 1.97 bits per heavy atom. The molecule has 29 heavy (non-hydrogen) atoms. The van der Waals surface area contributed by atoms with Crippen LogP contribution in [-0.4, -0.2) is 19.7 Å². The predicted octanol–water partition coefficient (Wildman–Crippen LogP) is 3.81. The maximum atomic E-state index is 12.6. The van der Waals surface area contributed by atoms with E-state index >= 15 is 0 Å². The molecular weight excluding hydrogens is 389 g/mol. The highest BCUT2D eigenvalue weighted by molar-refractivity contribution is 5.58. The minimum absolute atomic E-state index is 0.144. The van der Waals surface area contributed by atoms with E-state index in [-0.39, 0.29) is 11.4 Å². The third-order valence-corrected chi connectivity index (χ3v) is 4.22. The lowest BCUT2D eigenvalue weighted by molar-refractivity contribution is -0.159. The molecular formula is C19H13F3N4O3. The van der Waals surface area contributed by atoms with Crippen LogP contribution in [0.1, 0.15) is 11.5 Å². The Bertz CT molecular complexity index is 1180. The van der Waals surface area contributed by atoms with E-state index in [9.17, 15) is 18.0 Å². The number of hydrogen-bond donors (Lipinski definition) is 0. The number of benzene rings is 1. The fraction of sp³-hybridized carbons (Fsp3) is 0.158. The third kappa shape index (κ3) is 3.96. The van der Waals surface area contributed by atoms with Crippen molar-refractivity contribution in [3.63, 3.8) is 0 Å². The quantitative estimate of drug-likeness (QED) is 0.505. The van der Waals surface area contributed by atoms with Gasteiger partial charge in [0.1, 0.15) is 6.26 Å². The molecule has 0 bridgehead atoms. The van der Waals surface area contributed by atoms with Crippen molar-refractivity contribution in [2.24, 2.45) is 0 Å². The molecule has 3 heterocycles. The molecule has 4 rings (SSSR count). The summed E-state index contributed by atoms with van der Waals surface area (Å²) in [6.07, 6.45) is 0.304. The maximum Gasteiger partial charge on any atom is 0.471 e. The summed E-state index contributed by atoms with van der Waals surface area (Å²) in [5.74, 6) is -1.27. The fourth-order valence-electron chi connectivity index (χ4n) is 2.83. The number of hydrogen-bond acceptors (Lipinski definition) is 6. The van der Waals surface area contributed by atoms with Crippen LogP contribution in [0.3, 0.4) is 0 Å². The van der Waals surface area contributed by atoms with Gasteiger partial charge in [-0.2, -0.15) is 18.2 Å². The van der Waals surface area contributed by atoms with Crippen LogP contribution in [0.4, 0.5) is 13.2 Å². The molecule has 3 aromatic heterocycles. The molecule has 0 spiro atoms. The van der Waals surface area contributed by atoms with Gasteiger partial charge in [0.25, 0.3) is 5.56 Å². The smallest absolute Gasteiger partial charge is 0.445 e. The summed E-state index contributed by atoms with van der Waals surface area (Å²) in [5.41, 5.74) is 1.52. The average molecular weight is 402 g/mol. The Kier molecular flexibility index (Phi) is 4.75. The van der Waals surface area contributed by atoms with E-state index in [2.05, 4.69) is 19.6 Å². The molecule has 0 radical (unpaired) electrons. The summed E-state index contributed by atoms with van der Waals surface area (Å²) in [4.78, 5) is 19.8. The first-order chi connectivity index (χ1) is 13.9. The zero-order chi connectivity index (χ0) is 20.4. The second kappa shape index (κ2) is 7.38. The van der Waals surface area contributed by atoms with Gasteiger partial charge in [0.05, 0.1) is 6.20 Å². The molecule has 0 fully saturated rings. The van der Waals surface area contributed by atoms with E-state index in [1.807, 2.05) is 24.3 Å². The van der Waals surface area contributed by atoms with Gasteiger partial charge >= 0.3 is 12.1 Å². The Balaban J connectivity index is 1.53. The van der Waals surface area contributed by atoms with E-state index in [4.69, 9.17) is 4.42 Å². The molecule has 0 unspecified atom stereocenters. The van der Waals surface area contributed by atoms with Gasteiger partial charge in [0.2, 0.25) is 11.7 Å². The first kappa shape index (κ1) is 18.7. The summed E-state index contributed by atoms with van der Waals surface area (Å²) >= 11 is 0. The monoisotopic (exact) mass is 402 g/mol. The Morgan fingerprint density at radius 3 is 2.66 bits per heavy atom. The van der Waals surface area contributed by atoms with Gasteiger partial charge in [-0.15, -0.1) is 0 Å². The summed E-state index contributed by atoms with van der Waals surface area (Å²) in [6.45, 7) is 0.358. The van der Waals surface area contributed by atoms with E-state index in [1.165, 1.54) is 29.2 Å². The van der Waals surface area contributed by atoms with Crippen LogP contribution < -0.4 is 5.56 Å². The van der Waals surface area contributed by atoms with Crippen LogP contribution in [0, 0.1) is 0 Å². The minimum Gasteiger partial charge on any atom is -0.445 e. The average Bonchev–Trinajstić information content (AvgIpc) is 3.39. The largest absolute Gasteiger partial charge is 0.471 e. The maximum absolute atomic E-state index is 12.6. The van der Waals surface area contributed by atoms with Crippen LogP contribution in [-0.2, 0) is 19.1 Å². The van der Waals surface area contributed by atoms with E-state index in [0.29, 0.717) is 18.9 Å². The Labute approximate surface area is 161 Å². The van der Waals surface area contributed by atoms with Gasteiger partial charge < -0.3 is 13.5 Å². The van der Waals surface area contributed by atoms with Gasteiger partial charge in [-0.25, -0.2) is 4.98 Å². The van der Waals surface area contributed by atoms with E-state index < -0.39 is 17.6 Å². The topological polar surface area (TPSA) is 87.0 Å². The van der Waals surface area contributed by atoms with Crippen LogP contribution in [0.15, 0.2) is 68.8 Å².